The van der Waals surface area contributed by atoms with Gasteiger partial charge in [0.05, 0.1) is 6.20 Å². The Labute approximate surface area is 93.6 Å². The van der Waals surface area contributed by atoms with E-state index in [0.717, 1.165) is 19.2 Å². The van der Waals surface area contributed by atoms with Crippen molar-refractivity contribution in [3.63, 3.8) is 0 Å². The molecule has 0 amide bonds. The lowest BCUT2D eigenvalue weighted by molar-refractivity contribution is 0.517. The number of rotatable bonds is 5. The number of nitrogens with one attached hydrogen (secondary N) is 2. The summed E-state index contributed by atoms with van der Waals surface area (Å²) in [5, 5.41) is 3.02. The highest BCUT2D eigenvalue weighted by atomic mass is 19.1. The lowest BCUT2D eigenvalue weighted by atomic mass is 10.0. The maximum atomic E-state index is 13.3. The highest BCUT2D eigenvalue weighted by Gasteiger charge is 2.40. The van der Waals surface area contributed by atoms with E-state index < -0.39 is 5.82 Å². The fourth-order valence-electron chi connectivity index (χ4n) is 1.66. The van der Waals surface area contributed by atoms with Crippen molar-refractivity contribution in [2.24, 2.45) is 11.3 Å². The predicted octanol–water partition coefficient (Wildman–Crippen LogP) is 1.50. The van der Waals surface area contributed by atoms with Crippen molar-refractivity contribution < 1.29 is 4.39 Å². The van der Waals surface area contributed by atoms with Crippen LogP contribution in [-0.2, 0) is 0 Å². The molecular weight excluding hydrogens is 209 g/mol. The van der Waals surface area contributed by atoms with Crippen LogP contribution < -0.4 is 16.6 Å². The van der Waals surface area contributed by atoms with Gasteiger partial charge >= 0.3 is 0 Å². The van der Waals surface area contributed by atoms with Gasteiger partial charge in [-0.15, -0.1) is 0 Å². The normalized spacial score (nSPS) is 16.9. The summed E-state index contributed by atoms with van der Waals surface area (Å²) in [5.41, 5.74) is 2.63. The first-order valence-corrected chi connectivity index (χ1v) is 5.42. The van der Waals surface area contributed by atoms with Crippen LogP contribution in [0.3, 0.4) is 0 Å². The maximum Gasteiger partial charge on any atom is 0.239 e. The molecule has 2 rings (SSSR count). The largest absolute Gasteiger partial charge is 0.367 e. The molecule has 0 aromatic carbocycles. The van der Waals surface area contributed by atoms with Gasteiger partial charge in [0.1, 0.15) is 0 Å². The number of hydrazine groups is 1. The summed E-state index contributed by atoms with van der Waals surface area (Å²) in [6.07, 6.45) is 4.61. The number of nitrogen functional groups attached to an aromatic ring is 1. The van der Waals surface area contributed by atoms with E-state index in [1.54, 1.807) is 0 Å². The van der Waals surface area contributed by atoms with Crippen molar-refractivity contribution >= 4 is 11.8 Å². The molecule has 4 N–H and O–H groups in total. The first kappa shape index (κ1) is 11.1. The maximum absolute atomic E-state index is 13.3. The van der Waals surface area contributed by atoms with Crippen molar-refractivity contribution in [2.75, 3.05) is 17.3 Å². The standard InChI is InChI=1S/C10H16FN5/c1-2-10(3-4-10)6-14-8-7(11)5-13-9(15-8)16-12/h5H,2-4,6,12H2,1H3,(H2,13,14,15,16). The van der Waals surface area contributed by atoms with E-state index in [2.05, 4.69) is 27.6 Å². The van der Waals surface area contributed by atoms with E-state index in [0.29, 0.717) is 5.41 Å². The summed E-state index contributed by atoms with van der Waals surface area (Å²) in [6.45, 7) is 2.90. The molecular formula is C10H16FN5. The number of aromatic nitrogens is 2. The van der Waals surface area contributed by atoms with E-state index >= 15 is 0 Å². The number of hydrogen-bond donors (Lipinski definition) is 3. The van der Waals surface area contributed by atoms with Crippen LogP contribution in [0.4, 0.5) is 16.2 Å². The summed E-state index contributed by atoms with van der Waals surface area (Å²) in [7, 11) is 0. The molecule has 1 aliphatic rings. The lowest BCUT2D eigenvalue weighted by Crippen LogP contribution is -2.18. The van der Waals surface area contributed by atoms with Crippen molar-refractivity contribution in [3.8, 4) is 0 Å². The molecule has 88 valence electrons. The first-order chi connectivity index (χ1) is 7.69. The SMILES string of the molecule is CCC1(CNc2nc(NN)ncc2F)CC1. The summed E-state index contributed by atoms with van der Waals surface area (Å²) < 4.78 is 13.3. The van der Waals surface area contributed by atoms with Crippen LogP contribution >= 0.6 is 0 Å². The van der Waals surface area contributed by atoms with Gasteiger partial charge in [-0.3, -0.25) is 5.43 Å². The molecule has 0 spiro atoms. The summed E-state index contributed by atoms with van der Waals surface area (Å²) >= 11 is 0. The number of hydrogen-bond acceptors (Lipinski definition) is 5. The molecule has 1 saturated carbocycles. The summed E-state index contributed by atoms with van der Waals surface area (Å²) in [6, 6.07) is 0. The third-order valence-corrected chi connectivity index (χ3v) is 3.21. The van der Waals surface area contributed by atoms with Gasteiger partial charge in [-0.1, -0.05) is 6.92 Å². The zero-order valence-corrected chi connectivity index (χ0v) is 9.26. The van der Waals surface area contributed by atoms with Gasteiger partial charge in [0.15, 0.2) is 11.6 Å². The second-order valence-corrected chi connectivity index (χ2v) is 4.24. The smallest absolute Gasteiger partial charge is 0.239 e. The fraction of sp³-hybridized carbons (Fsp3) is 0.600. The zero-order valence-electron chi connectivity index (χ0n) is 9.26. The predicted molar refractivity (Wildman–Crippen MR) is 60.2 cm³/mol. The number of nitrogens with two attached hydrogens (primary N) is 1. The monoisotopic (exact) mass is 225 g/mol. The minimum Gasteiger partial charge on any atom is -0.367 e. The molecule has 1 aliphatic carbocycles. The summed E-state index contributed by atoms with van der Waals surface area (Å²) in [4.78, 5) is 7.60. The Morgan fingerprint density at radius 3 is 2.88 bits per heavy atom. The molecule has 1 heterocycles. The van der Waals surface area contributed by atoms with E-state index in [4.69, 9.17) is 5.84 Å². The van der Waals surface area contributed by atoms with Crippen LogP contribution in [0.25, 0.3) is 0 Å². The number of anilines is 2. The average molecular weight is 225 g/mol. The van der Waals surface area contributed by atoms with E-state index in [1.807, 2.05) is 0 Å². The highest BCUT2D eigenvalue weighted by molar-refractivity contribution is 5.40. The Kier molecular flexibility index (Phi) is 2.91. The third-order valence-electron chi connectivity index (χ3n) is 3.21. The highest BCUT2D eigenvalue weighted by Crippen LogP contribution is 2.48. The molecule has 1 aromatic rings. The minimum atomic E-state index is -0.453. The van der Waals surface area contributed by atoms with Crippen LogP contribution in [0.1, 0.15) is 26.2 Å². The van der Waals surface area contributed by atoms with Gasteiger partial charge in [0.25, 0.3) is 0 Å². The van der Waals surface area contributed by atoms with E-state index in [1.165, 1.54) is 12.8 Å². The van der Waals surface area contributed by atoms with Crippen LogP contribution in [-0.4, -0.2) is 16.5 Å². The fourth-order valence-corrected chi connectivity index (χ4v) is 1.66. The Hall–Kier alpha value is -1.43. The Morgan fingerprint density at radius 1 is 1.56 bits per heavy atom. The zero-order chi connectivity index (χ0) is 11.6. The molecule has 0 atom stereocenters. The quantitative estimate of drug-likeness (QED) is 0.523. The van der Waals surface area contributed by atoms with Crippen molar-refractivity contribution in [1.82, 2.24) is 9.97 Å². The van der Waals surface area contributed by atoms with Crippen LogP contribution in [0.2, 0.25) is 0 Å². The molecule has 0 aliphatic heterocycles. The van der Waals surface area contributed by atoms with Gasteiger partial charge in [0, 0.05) is 6.54 Å². The molecule has 0 saturated heterocycles. The van der Waals surface area contributed by atoms with Gasteiger partial charge in [-0.25, -0.2) is 15.2 Å². The number of halogens is 1. The van der Waals surface area contributed by atoms with E-state index in [-0.39, 0.29) is 11.8 Å². The Bertz CT molecular complexity index is 377. The van der Waals surface area contributed by atoms with Gasteiger partial charge in [-0.2, -0.15) is 4.98 Å². The Balaban J connectivity index is 2.03. The summed E-state index contributed by atoms with van der Waals surface area (Å²) in [5.74, 6) is 5.14. The average Bonchev–Trinajstić information content (AvgIpc) is 3.09. The molecule has 0 bridgehead atoms. The Morgan fingerprint density at radius 2 is 2.31 bits per heavy atom. The topological polar surface area (TPSA) is 75.9 Å². The molecule has 0 radical (unpaired) electrons. The second-order valence-electron chi connectivity index (χ2n) is 4.24. The molecule has 6 heteroatoms. The first-order valence-electron chi connectivity index (χ1n) is 5.42. The molecule has 5 nitrogen and oxygen atoms in total. The van der Waals surface area contributed by atoms with Crippen LogP contribution in [0.15, 0.2) is 6.20 Å². The molecule has 1 aromatic heterocycles. The molecule has 16 heavy (non-hydrogen) atoms. The van der Waals surface area contributed by atoms with Gasteiger partial charge < -0.3 is 5.32 Å². The molecule has 0 unspecified atom stereocenters. The van der Waals surface area contributed by atoms with Crippen LogP contribution in [0, 0.1) is 11.2 Å². The van der Waals surface area contributed by atoms with Gasteiger partial charge in [-0.05, 0) is 24.7 Å². The van der Waals surface area contributed by atoms with Crippen molar-refractivity contribution in [3.05, 3.63) is 12.0 Å². The van der Waals surface area contributed by atoms with E-state index in [9.17, 15) is 4.39 Å². The van der Waals surface area contributed by atoms with Crippen molar-refractivity contribution in [1.29, 1.82) is 0 Å². The minimum absolute atomic E-state index is 0.211. The third kappa shape index (κ3) is 2.21. The number of nitrogens with zero attached hydrogens (tertiary/aromatic N) is 2. The molecule has 1 fully saturated rings. The van der Waals surface area contributed by atoms with Gasteiger partial charge in [0.2, 0.25) is 5.95 Å². The van der Waals surface area contributed by atoms with Crippen LogP contribution in [0.5, 0.6) is 0 Å². The lowest BCUT2D eigenvalue weighted by Gasteiger charge is -2.14. The van der Waals surface area contributed by atoms with Crippen molar-refractivity contribution in [2.45, 2.75) is 26.2 Å². The second kappa shape index (κ2) is 4.21.